The van der Waals surface area contributed by atoms with E-state index in [0.717, 1.165) is 27.6 Å². The molecule has 0 unspecified atom stereocenters. The molecular formula is C23H22N4OS2. The van der Waals surface area contributed by atoms with Crippen LogP contribution in [0.5, 0.6) is 0 Å². The highest BCUT2D eigenvalue weighted by Gasteiger charge is 2.18. The van der Waals surface area contributed by atoms with Gasteiger partial charge >= 0.3 is 0 Å². The van der Waals surface area contributed by atoms with Crippen LogP contribution < -0.4 is 5.32 Å². The minimum Gasteiger partial charge on any atom is -0.325 e. The average molecular weight is 435 g/mol. The third-order valence-electron chi connectivity index (χ3n) is 4.79. The van der Waals surface area contributed by atoms with E-state index in [2.05, 4.69) is 53.6 Å². The zero-order valence-electron chi connectivity index (χ0n) is 17.0. The molecule has 1 amide bonds. The number of benzene rings is 2. The van der Waals surface area contributed by atoms with Crippen LogP contribution in [0, 0.1) is 20.8 Å². The van der Waals surface area contributed by atoms with Crippen LogP contribution in [0.3, 0.4) is 0 Å². The Balaban J connectivity index is 1.55. The van der Waals surface area contributed by atoms with Gasteiger partial charge in [0.25, 0.3) is 0 Å². The Morgan fingerprint density at radius 1 is 1.03 bits per heavy atom. The Morgan fingerprint density at radius 3 is 2.53 bits per heavy atom. The number of thioether (sulfide) groups is 1. The molecule has 2 heterocycles. The molecule has 1 N–H and O–H groups in total. The molecule has 0 bridgehead atoms. The van der Waals surface area contributed by atoms with Crippen molar-refractivity contribution in [3.8, 4) is 16.4 Å². The molecule has 0 saturated carbocycles. The van der Waals surface area contributed by atoms with Gasteiger partial charge < -0.3 is 5.32 Å². The lowest BCUT2D eigenvalue weighted by atomic mass is 10.1. The second-order valence-corrected chi connectivity index (χ2v) is 8.98. The molecule has 2 aromatic carbocycles. The lowest BCUT2D eigenvalue weighted by Gasteiger charge is -2.10. The minimum absolute atomic E-state index is 0.0700. The van der Waals surface area contributed by atoms with Crippen LogP contribution in [0.25, 0.3) is 16.4 Å². The van der Waals surface area contributed by atoms with Crippen molar-refractivity contribution in [1.82, 2.24) is 14.8 Å². The number of thiophene rings is 1. The van der Waals surface area contributed by atoms with Crippen molar-refractivity contribution in [2.24, 2.45) is 0 Å². The van der Waals surface area contributed by atoms with E-state index in [1.807, 2.05) is 47.2 Å². The minimum atomic E-state index is -0.0700. The number of aromatic nitrogens is 3. The van der Waals surface area contributed by atoms with E-state index in [-0.39, 0.29) is 11.7 Å². The molecule has 7 heteroatoms. The molecule has 2 aromatic heterocycles. The molecule has 5 nitrogen and oxygen atoms in total. The quantitative estimate of drug-likeness (QED) is 0.398. The number of rotatable bonds is 6. The van der Waals surface area contributed by atoms with Gasteiger partial charge in [0.15, 0.2) is 11.0 Å². The van der Waals surface area contributed by atoms with Gasteiger partial charge in [-0.15, -0.1) is 21.5 Å². The first kappa shape index (κ1) is 20.4. The standard InChI is InChI=1S/C23H22N4OS2/c1-15-6-10-19(11-7-15)27-22(20-5-4-12-29-20)25-26-23(27)30-14-21(28)24-18-9-8-16(2)17(3)13-18/h4-13H,14H2,1-3H3,(H,24,28). The maximum atomic E-state index is 12.5. The summed E-state index contributed by atoms with van der Waals surface area (Å²) in [6.45, 7) is 6.15. The maximum absolute atomic E-state index is 12.5. The van der Waals surface area contributed by atoms with Crippen LogP contribution in [0.15, 0.2) is 65.1 Å². The van der Waals surface area contributed by atoms with E-state index < -0.39 is 0 Å². The number of nitrogens with one attached hydrogen (secondary N) is 1. The number of hydrogen-bond acceptors (Lipinski definition) is 5. The predicted molar refractivity (Wildman–Crippen MR) is 125 cm³/mol. The van der Waals surface area contributed by atoms with Crippen LogP contribution in [0.4, 0.5) is 5.69 Å². The molecule has 0 aliphatic rings. The molecule has 0 atom stereocenters. The molecular weight excluding hydrogens is 412 g/mol. The number of aryl methyl sites for hydroxylation is 3. The molecule has 4 rings (SSSR count). The first-order valence-electron chi connectivity index (χ1n) is 9.57. The van der Waals surface area contributed by atoms with Crippen molar-refractivity contribution < 1.29 is 4.79 Å². The van der Waals surface area contributed by atoms with Gasteiger partial charge in [0.05, 0.1) is 10.6 Å². The van der Waals surface area contributed by atoms with Crippen molar-refractivity contribution in [3.05, 3.63) is 76.7 Å². The summed E-state index contributed by atoms with van der Waals surface area (Å²) in [5.41, 5.74) is 5.33. The van der Waals surface area contributed by atoms with Crippen LogP contribution in [0.2, 0.25) is 0 Å². The average Bonchev–Trinajstić information content (AvgIpc) is 3.39. The predicted octanol–water partition coefficient (Wildman–Crippen LogP) is 5.65. The molecule has 0 spiro atoms. The van der Waals surface area contributed by atoms with Crippen molar-refractivity contribution in [3.63, 3.8) is 0 Å². The first-order valence-corrected chi connectivity index (χ1v) is 11.4. The number of anilines is 1. The third kappa shape index (κ3) is 4.47. The number of carbonyl (C=O) groups excluding carboxylic acids is 1. The zero-order chi connectivity index (χ0) is 21.1. The Morgan fingerprint density at radius 2 is 1.83 bits per heavy atom. The maximum Gasteiger partial charge on any atom is 0.234 e. The largest absolute Gasteiger partial charge is 0.325 e. The number of nitrogens with zero attached hydrogens (tertiary/aromatic N) is 3. The Kier molecular flexibility index (Phi) is 6.01. The van der Waals surface area contributed by atoms with Gasteiger partial charge in [-0.2, -0.15) is 0 Å². The van der Waals surface area contributed by atoms with Gasteiger partial charge in [-0.05, 0) is 67.6 Å². The van der Waals surface area contributed by atoms with Gasteiger partial charge in [-0.1, -0.05) is 41.6 Å². The fourth-order valence-corrected chi connectivity index (χ4v) is 4.45. The molecule has 0 fully saturated rings. The van der Waals surface area contributed by atoms with Gasteiger partial charge in [0.1, 0.15) is 0 Å². The van der Waals surface area contributed by atoms with Crippen molar-refractivity contribution in [1.29, 1.82) is 0 Å². The second-order valence-electron chi connectivity index (χ2n) is 7.09. The lowest BCUT2D eigenvalue weighted by molar-refractivity contribution is -0.113. The summed E-state index contributed by atoms with van der Waals surface area (Å²) in [6, 6.07) is 18.2. The van der Waals surface area contributed by atoms with E-state index in [4.69, 9.17) is 0 Å². The van der Waals surface area contributed by atoms with Crippen molar-refractivity contribution in [2.75, 3.05) is 11.1 Å². The molecule has 4 aromatic rings. The highest BCUT2D eigenvalue weighted by atomic mass is 32.2. The van der Waals surface area contributed by atoms with E-state index in [9.17, 15) is 4.79 Å². The Hall–Kier alpha value is -2.90. The SMILES string of the molecule is Cc1ccc(-n2c(SCC(=O)Nc3ccc(C)c(C)c3)nnc2-c2cccs2)cc1. The van der Waals surface area contributed by atoms with Gasteiger partial charge in [-0.25, -0.2) is 0 Å². The molecule has 0 saturated heterocycles. The fraction of sp³-hybridized carbons (Fsp3) is 0.174. The zero-order valence-corrected chi connectivity index (χ0v) is 18.7. The van der Waals surface area contributed by atoms with E-state index in [0.29, 0.717) is 5.16 Å². The number of amides is 1. The van der Waals surface area contributed by atoms with Gasteiger partial charge in [0.2, 0.25) is 5.91 Å². The summed E-state index contributed by atoms with van der Waals surface area (Å²) in [5, 5.41) is 14.5. The molecule has 0 aliphatic carbocycles. The van der Waals surface area contributed by atoms with Crippen molar-refractivity contribution >= 4 is 34.7 Å². The van der Waals surface area contributed by atoms with E-state index >= 15 is 0 Å². The number of carbonyl (C=O) groups is 1. The Bertz CT molecular complexity index is 1160. The summed E-state index contributed by atoms with van der Waals surface area (Å²) >= 11 is 3.00. The lowest BCUT2D eigenvalue weighted by Crippen LogP contribution is -2.14. The topological polar surface area (TPSA) is 59.8 Å². The Labute approximate surface area is 184 Å². The molecule has 30 heavy (non-hydrogen) atoms. The highest BCUT2D eigenvalue weighted by molar-refractivity contribution is 7.99. The number of hydrogen-bond donors (Lipinski definition) is 1. The summed E-state index contributed by atoms with van der Waals surface area (Å²) in [6.07, 6.45) is 0. The van der Waals surface area contributed by atoms with Crippen LogP contribution in [-0.4, -0.2) is 26.4 Å². The van der Waals surface area contributed by atoms with E-state index in [1.165, 1.54) is 22.9 Å². The normalized spacial score (nSPS) is 10.9. The van der Waals surface area contributed by atoms with Crippen LogP contribution in [0.1, 0.15) is 16.7 Å². The van der Waals surface area contributed by atoms with Gasteiger partial charge in [-0.3, -0.25) is 9.36 Å². The summed E-state index contributed by atoms with van der Waals surface area (Å²) in [4.78, 5) is 13.6. The molecule has 152 valence electrons. The fourth-order valence-electron chi connectivity index (χ4n) is 3.00. The molecule has 0 radical (unpaired) electrons. The molecule has 0 aliphatic heterocycles. The van der Waals surface area contributed by atoms with Crippen molar-refractivity contribution in [2.45, 2.75) is 25.9 Å². The first-order chi connectivity index (χ1) is 14.5. The summed E-state index contributed by atoms with van der Waals surface area (Å²) < 4.78 is 2.01. The summed E-state index contributed by atoms with van der Waals surface area (Å²) in [7, 11) is 0. The highest BCUT2D eigenvalue weighted by Crippen LogP contribution is 2.30. The van der Waals surface area contributed by atoms with E-state index in [1.54, 1.807) is 11.3 Å². The van der Waals surface area contributed by atoms with Gasteiger partial charge in [0, 0.05) is 11.4 Å². The smallest absolute Gasteiger partial charge is 0.234 e. The second kappa shape index (κ2) is 8.85. The third-order valence-corrected chi connectivity index (χ3v) is 6.58. The van der Waals surface area contributed by atoms with Crippen LogP contribution in [-0.2, 0) is 4.79 Å². The summed E-state index contributed by atoms with van der Waals surface area (Å²) in [5.74, 6) is 0.965. The van der Waals surface area contributed by atoms with Crippen LogP contribution >= 0.6 is 23.1 Å². The monoisotopic (exact) mass is 434 g/mol.